The molecule has 0 aliphatic heterocycles. The molecule has 6 heteroatoms. The molecule has 1 amide bonds. The maximum absolute atomic E-state index is 11.4. The van der Waals surface area contributed by atoms with Crippen LogP contribution in [-0.4, -0.2) is 38.9 Å². The van der Waals surface area contributed by atoms with Crippen molar-refractivity contribution in [3.05, 3.63) is 0 Å². The average molecular weight is 222 g/mol. The van der Waals surface area contributed by atoms with Gasteiger partial charge in [0, 0.05) is 20.0 Å². The lowest BCUT2D eigenvalue weighted by Gasteiger charge is -2.09. The van der Waals surface area contributed by atoms with Crippen LogP contribution in [0, 0.1) is 0 Å². The molecule has 0 bridgehead atoms. The summed E-state index contributed by atoms with van der Waals surface area (Å²) < 4.78 is 22.8. The van der Waals surface area contributed by atoms with E-state index in [0.29, 0.717) is 6.42 Å². The van der Waals surface area contributed by atoms with E-state index in [1.807, 2.05) is 0 Å². The summed E-state index contributed by atoms with van der Waals surface area (Å²) in [6.07, 6.45) is 0.597. The number of amides is 1. The highest BCUT2D eigenvalue weighted by Gasteiger charge is 2.18. The SMILES string of the molecule is CNC(=O)CCCS(=O)(=O)C(C)CN. The number of nitrogens with two attached hydrogens (primary N) is 1. The second-order valence-electron chi connectivity index (χ2n) is 3.19. The summed E-state index contributed by atoms with van der Waals surface area (Å²) in [5.74, 6) is -0.112. The predicted octanol–water partition coefficient (Wildman–Crippen LogP) is -0.725. The Morgan fingerprint density at radius 3 is 2.50 bits per heavy atom. The van der Waals surface area contributed by atoms with Crippen LogP contribution >= 0.6 is 0 Å². The molecule has 0 rings (SSSR count). The molecule has 0 radical (unpaired) electrons. The highest BCUT2D eigenvalue weighted by molar-refractivity contribution is 7.92. The normalized spacial score (nSPS) is 13.6. The molecule has 0 spiro atoms. The molecule has 0 aliphatic rings. The second-order valence-corrected chi connectivity index (χ2v) is 5.73. The van der Waals surface area contributed by atoms with Crippen LogP contribution in [0.2, 0.25) is 0 Å². The van der Waals surface area contributed by atoms with Gasteiger partial charge in [-0.3, -0.25) is 4.79 Å². The molecule has 1 unspecified atom stereocenters. The number of hydrogen-bond acceptors (Lipinski definition) is 4. The van der Waals surface area contributed by atoms with Crippen molar-refractivity contribution >= 4 is 15.7 Å². The van der Waals surface area contributed by atoms with Crippen molar-refractivity contribution in [1.82, 2.24) is 5.32 Å². The number of nitrogens with one attached hydrogen (secondary N) is 1. The Hall–Kier alpha value is -0.620. The van der Waals surface area contributed by atoms with Gasteiger partial charge < -0.3 is 11.1 Å². The van der Waals surface area contributed by atoms with Crippen LogP contribution in [0.5, 0.6) is 0 Å². The van der Waals surface area contributed by atoms with Crippen LogP contribution in [0.4, 0.5) is 0 Å². The number of hydrogen-bond donors (Lipinski definition) is 2. The minimum atomic E-state index is -3.12. The summed E-state index contributed by atoms with van der Waals surface area (Å²) >= 11 is 0. The molecular weight excluding hydrogens is 204 g/mol. The molecular formula is C8H18N2O3S. The van der Waals surface area contributed by atoms with Gasteiger partial charge in [0.1, 0.15) is 0 Å². The van der Waals surface area contributed by atoms with E-state index in [9.17, 15) is 13.2 Å². The molecule has 0 heterocycles. The van der Waals surface area contributed by atoms with E-state index in [1.165, 1.54) is 7.05 Å². The largest absolute Gasteiger partial charge is 0.359 e. The van der Waals surface area contributed by atoms with Gasteiger partial charge in [0.05, 0.1) is 11.0 Å². The highest BCUT2D eigenvalue weighted by Crippen LogP contribution is 2.03. The van der Waals surface area contributed by atoms with E-state index in [4.69, 9.17) is 5.73 Å². The average Bonchev–Trinajstić information content (AvgIpc) is 2.15. The van der Waals surface area contributed by atoms with Gasteiger partial charge in [-0.2, -0.15) is 0 Å². The molecule has 0 aromatic carbocycles. The summed E-state index contributed by atoms with van der Waals surface area (Å²) in [6.45, 7) is 1.71. The number of carbonyl (C=O) groups excluding carboxylic acids is 1. The lowest BCUT2D eigenvalue weighted by atomic mass is 10.3. The Balaban J connectivity index is 3.95. The van der Waals surface area contributed by atoms with Crippen LogP contribution in [0.25, 0.3) is 0 Å². The minimum absolute atomic E-state index is 0.0266. The van der Waals surface area contributed by atoms with Crippen molar-refractivity contribution in [3.63, 3.8) is 0 Å². The van der Waals surface area contributed by atoms with E-state index in [2.05, 4.69) is 5.32 Å². The molecule has 0 aliphatic carbocycles. The van der Waals surface area contributed by atoms with Gasteiger partial charge in [-0.25, -0.2) is 8.42 Å². The molecule has 84 valence electrons. The zero-order chi connectivity index (χ0) is 11.2. The summed E-state index contributed by atoms with van der Waals surface area (Å²) in [5.41, 5.74) is 5.26. The smallest absolute Gasteiger partial charge is 0.219 e. The van der Waals surface area contributed by atoms with Gasteiger partial charge >= 0.3 is 0 Å². The quantitative estimate of drug-likeness (QED) is 0.620. The maximum Gasteiger partial charge on any atom is 0.219 e. The van der Waals surface area contributed by atoms with Crippen molar-refractivity contribution in [1.29, 1.82) is 0 Å². The van der Waals surface area contributed by atoms with Gasteiger partial charge in [0.2, 0.25) is 5.91 Å². The standard InChI is InChI=1S/C8H18N2O3S/c1-7(6-9)14(12,13)5-3-4-8(11)10-2/h7H,3-6,9H2,1-2H3,(H,10,11). The zero-order valence-corrected chi connectivity index (χ0v) is 9.43. The van der Waals surface area contributed by atoms with Crippen molar-refractivity contribution in [3.8, 4) is 0 Å². The van der Waals surface area contributed by atoms with Crippen LogP contribution in [0.15, 0.2) is 0 Å². The van der Waals surface area contributed by atoms with Crippen LogP contribution in [0.1, 0.15) is 19.8 Å². The Morgan fingerprint density at radius 1 is 1.50 bits per heavy atom. The maximum atomic E-state index is 11.4. The summed E-state index contributed by atoms with van der Waals surface area (Å²) in [5, 5.41) is 1.91. The first-order valence-electron chi connectivity index (χ1n) is 4.56. The number of rotatable bonds is 6. The van der Waals surface area contributed by atoms with Gasteiger partial charge in [0.15, 0.2) is 9.84 Å². The Kier molecular flexibility index (Phi) is 5.71. The fourth-order valence-corrected chi connectivity index (χ4v) is 2.15. The lowest BCUT2D eigenvalue weighted by molar-refractivity contribution is -0.120. The van der Waals surface area contributed by atoms with E-state index in [0.717, 1.165) is 0 Å². The van der Waals surface area contributed by atoms with Gasteiger partial charge in [-0.05, 0) is 13.3 Å². The van der Waals surface area contributed by atoms with Gasteiger partial charge in [-0.1, -0.05) is 0 Å². The van der Waals surface area contributed by atoms with Crippen molar-refractivity contribution in [2.45, 2.75) is 25.0 Å². The fraction of sp³-hybridized carbons (Fsp3) is 0.875. The third kappa shape index (κ3) is 4.57. The first-order chi connectivity index (χ1) is 6.44. The van der Waals surface area contributed by atoms with Gasteiger partial charge in [-0.15, -0.1) is 0 Å². The Labute approximate surface area is 85.0 Å². The molecule has 0 saturated carbocycles. The second kappa shape index (κ2) is 5.98. The van der Waals surface area contributed by atoms with E-state index in [-0.39, 0.29) is 24.6 Å². The predicted molar refractivity (Wildman–Crippen MR) is 55.6 cm³/mol. The highest BCUT2D eigenvalue weighted by atomic mass is 32.2. The summed E-state index contributed by atoms with van der Waals surface area (Å²) in [6, 6.07) is 0. The number of carbonyl (C=O) groups is 1. The third-order valence-corrected chi connectivity index (χ3v) is 4.33. The first kappa shape index (κ1) is 13.4. The van der Waals surface area contributed by atoms with E-state index >= 15 is 0 Å². The Morgan fingerprint density at radius 2 is 2.07 bits per heavy atom. The van der Waals surface area contributed by atoms with Crippen molar-refractivity contribution in [2.24, 2.45) is 5.73 Å². The molecule has 0 fully saturated rings. The monoisotopic (exact) mass is 222 g/mol. The van der Waals surface area contributed by atoms with Crippen LogP contribution in [0.3, 0.4) is 0 Å². The van der Waals surface area contributed by atoms with Crippen molar-refractivity contribution in [2.75, 3.05) is 19.3 Å². The zero-order valence-electron chi connectivity index (χ0n) is 8.62. The molecule has 14 heavy (non-hydrogen) atoms. The van der Waals surface area contributed by atoms with Crippen molar-refractivity contribution < 1.29 is 13.2 Å². The molecule has 0 saturated heterocycles. The fourth-order valence-electron chi connectivity index (χ4n) is 0.907. The molecule has 1 atom stereocenters. The molecule has 3 N–H and O–H groups in total. The Bertz CT molecular complexity index is 274. The topological polar surface area (TPSA) is 89.3 Å². The third-order valence-electron chi connectivity index (χ3n) is 2.06. The van der Waals surface area contributed by atoms with Crippen LogP contribution < -0.4 is 11.1 Å². The first-order valence-corrected chi connectivity index (χ1v) is 6.27. The minimum Gasteiger partial charge on any atom is -0.359 e. The summed E-state index contributed by atoms with van der Waals surface area (Å²) in [7, 11) is -1.59. The lowest BCUT2D eigenvalue weighted by Crippen LogP contribution is -2.29. The van der Waals surface area contributed by atoms with Gasteiger partial charge in [0.25, 0.3) is 0 Å². The molecule has 5 nitrogen and oxygen atoms in total. The van der Waals surface area contributed by atoms with E-state index < -0.39 is 15.1 Å². The number of sulfone groups is 1. The van der Waals surface area contributed by atoms with Crippen LogP contribution in [-0.2, 0) is 14.6 Å². The van der Waals surface area contributed by atoms with E-state index in [1.54, 1.807) is 6.92 Å². The molecule has 0 aromatic heterocycles. The summed E-state index contributed by atoms with van der Waals surface area (Å²) in [4.78, 5) is 10.8. The molecule has 0 aromatic rings.